The average molecular weight is 1670 g/mol. The number of aromatic nitrogens is 8. The van der Waals surface area contributed by atoms with Crippen LogP contribution in [0.5, 0.6) is 23.0 Å². The van der Waals surface area contributed by atoms with E-state index in [0.29, 0.717) is 28.2 Å². The standard InChI is InChI=1S/C76H86Cl2N11O22P3/c1-44(2)69(90)82-73-81-68-67(72(93)83-73)80-43-88(68)66-35-58(107-112(101-34-18-33-79)89(45(3)4)46(5)6)62(105-66)41-102-113(96,108-56-23-16-14-21-54(56)77)111-60-37-65(87-39-48(8)71(92)85-75(87)95)106-63(60)42-103-114(97,109-57-24-17-15-22-55(57)78)110-59-36-64(86-38-47(7)70(91)84-74(86)94)104-61(59)40-100-76(49-19-12-11-13-20-49,50-25-29-52(98-9)30-26-50)51-27-31-53(99-10)32-28-51/h11-17,19-32,38-39,43-46,58-66H,18,34-37,40-42H2,1-10H3,(H,84,91,94)(H,85,92,95)(H2,81,82,83,90,93)/t58-,59-,60-,61+,62+,63+,64+,65+,66+,112?,113?,114?/m0/s1. The van der Waals surface area contributed by atoms with E-state index < -0.39 is 151 Å². The van der Waals surface area contributed by atoms with Crippen LogP contribution in [0.2, 0.25) is 10.0 Å². The fourth-order valence-corrected chi connectivity index (χ4v) is 18.3. The molecule has 606 valence electrons. The second-order valence-electron chi connectivity index (χ2n) is 27.8. The summed E-state index contributed by atoms with van der Waals surface area (Å²) in [6.45, 7) is 12.1. The number of hydrogen-bond donors (Lipinski definition) is 4. The van der Waals surface area contributed by atoms with Gasteiger partial charge in [-0.2, -0.15) is 10.2 Å². The Kier molecular flexibility index (Phi) is 27.3. The second-order valence-corrected chi connectivity index (χ2v) is 33.1. The Morgan fingerprint density at radius 1 is 0.632 bits per heavy atom. The van der Waals surface area contributed by atoms with E-state index in [1.165, 1.54) is 61.4 Å². The van der Waals surface area contributed by atoms with Crippen LogP contribution in [0.15, 0.2) is 170 Å². The van der Waals surface area contributed by atoms with Crippen LogP contribution in [0.4, 0.5) is 5.95 Å². The lowest BCUT2D eigenvalue weighted by Gasteiger charge is -2.37. The number of halogens is 2. The van der Waals surface area contributed by atoms with Gasteiger partial charge in [0.25, 0.3) is 25.2 Å². The van der Waals surface area contributed by atoms with E-state index in [4.69, 9.17) is 87.8 Å². The van der Waals surface area contributed by atoms with Gasteiger partial charge in [-0.15, -0.1) is 0 Å². The molecule has 1 amide bonds. The molecule has 3 fully saturated rings. The summed E-state index contributed by atoms with van der Waals surface area (Å²) >= 11 is 13.6. The molecule has 3 unspecified atom stereocenters. The fourth-order valence-electron chi connectivity index (χ4n) is 13.2. The Balaban J connectivity index is 0.918. The number of nitriles is 1. The van der Waals surface area contributed by atoms with Crippen LogP contribution in [0.3, 0.4) is 0 Å². The van der Waals surface area contributed by atoms with Gasteiger partial charge in [0.05, 0.1) is 75.6 Å². The molecule has 3 aliphatic heterocycles. The molecule has 12 atom stereocenters. The van der Waals surface area contributed by atoms with E-state index >= 15 is 9.13 Å². The van der Waals surface area contributed by atoms with Gasteiger partial charge in [-0.1, -0.05) is 116 Å². The van der Waals surface area contributed by atoms with Gasteiger partial charge in [0.2, 0.25) is 11.9 Å². The third-order valence-corrected chi connectivity index (χ3v) is 24.5. The Morgan fingerprint density at radius 2 is 1.09 bits per heavy atom. The van der Waals surface area contributed by atoms with Gasteiger partial charge in [0, 0.05) is 60.8 Å². The SMILES string of the molecule is COc1ccc(C(OC[C@H]2O[C@@H](n3cc(C)c(=O)[nH]c3=O)C[C@@H]2OP(=O)(OC[C@H]2O[C@@H](n3cc(C)c(=O)[nH]c3=O)C[C@@H]2OP(=O)(OC[C@H]2O[C@@H](n3cnc4c(=O)[nH]c(NC(=O)C(C)C)nc43)C[C@@H]2OP(OCCC#N)N(C(C)C)C(C)C)Oc2ccccc2Cl)Oc2ccccc2Cl)(c2ccccc2)c2ccc(OC)cc2)cc1. The molecule has 4 N–H and O–H groups in total. The number of fused-ring (bicyclic) bond motifs is 1. The van der Waals surface area contributed by atoms with E-state index in [1.54, 1.807) is 76.6 Å². The van der Waals surface area contributed by atoms with Crippen molar-refractivity contribution in [1.29, 1.82) is 5.26 Å². The molecule has 9 aromatic rings. The smallest absolute Gasteiger partial charge is 0.497 e. The third kappa shape index (κ3) is 19.4. The number of methoxy groups -OCH3 is 2. The molecule has 5 aromatic carbocycles. The summed E-state index contributed by atoms with van der Waals surface area (Å²) < 4.78 is 129. The minimum atomic E-state index is -5.30. The van der Waals surface area contributed by atoms with Crippen LogP contribution in [0.1, 0.15) is 114 Å². The molecule has 12 rings (SSSR count). The minimum absolute atomic E-state index is 0.00880. The lowest BCUT2D eigenvalue weighted by Crippen LogP contribution is -2.38. The molecule has 38 heteroatoms. The summed E-state index contributed by atoms with van der Waals surface area (Å²) in [5.41, 5.74) is -3.26. The molecule has 0 aliphatic carbocycles. The number of ether oxygens (including phenoxy) is 6. The number of rotatable bonds is 35. The zero-order valence-corrected chi connectivity index (χ0v) is 67.8. The number of carbonyl (C=O) groups is 1. The van der Waals surface area contributed by atoms with Crippen molar-refractivity contribution >= 4 is 70.4 Å². The van der Waals surface area contributed by atoms with Gasteiger partial charge in [-0.25, -0.2) is 28.4 Å². The Labute approximate surface area is 665 Å². The van der Waals surface area contributed by atoms with E-state index in [-0.39, 0.29) is 87.7 Å². The summed E-state index contributed by atoms with van der Waals surface area (Å²) in [6.07, 6.45) is -8.85. The first kappa shape index (κ1) is 84.4. The van der Waals surface area contributed by atoms with Gasteiger partial charge in [-0.3, -0.25) is 71.2 Å². The molecule has 0 spiro atoms. The van der Waals surface area contributed by atoms with Crippen LogP contribution in [-0.2, 0) is 65.6 Å². The van der Waals surface area contributed by atoms with Crippen LogP contribution in [0, 0.1) is 31.1 Å². The summed E-state index contributed by atoms with van der Waals surface area (Å²) in [5.74, 6) is -0.391. The van der Waals surface area contributed by atoms with Gasteiger partial charge in [0.15, 0.2) is 11.2 Å². The van der Waals surface area contributed by atoms with Gasteiger partial charge < -0.3 is 46.5 Å². The highest BCUT2D eigenvalue weighted by atomic mass is 35.5. The van der Waals surface area contributed by atoms with Crippen molar-refractivity contribution in [3.63, 3.8) is 0 Å². The highest BCUT2D eigenvalue weighted by Crippen LogP contribution is 2.59. The predicted molar refractivity (Wildman–Crippen MR) is 419 cm³/mol. The maximum Gasteiger partial charge on any atom is 0.530 e. The molecule has 3 aliphatic rings. The number of carbonyl (C=O) groups excluding carboxylic acids is 1. The number of imidazole rings is 1. The number of aromatic amines is 3. The number of amides is 1. The maximum atomic E-state index is 16.4. The highest BCUT2D eigenvalue weighted by molar-refractivity contribution is 7.49. The van der Waals surface area contributed by atoms with E-state index in [9.17, 15) is 34.0 Å². The Morgan fingerprint density at radius 3 is 1.56 bits per heavy atom. The topological polar surface area (TPSA) is 393 Å². The maximum absolute atomic E-state index is 16.4. The number of anilines is 1. The number of benzene rings is 5. The number of hydrogen-bond acceptors (Lipinski definition) is 26. The first-order valence-electron chi connectivity index (χ1n) is 36.4. The zero-order valence-electron chi connectivity index (χ0n) is 63.7. The summed E-state index contributed by atoms with van der Waals surface area (Å²) in [5, 5.41) is 12.2. The number of nitrogens with one attached hydrogen (secondary N) is 4. The molecule has 7 heterocycles. The number of H-pyrrole nitrogens is 3. The molecular weight excluding hydrogens is 1580 g/mol. The van der Waals surface area contributed by atoms with E-state index in [0.717, 1.165) is 9.13 Å². The summed E-state index contributed by atoms with van der Waals surface area (Å²) in [6, 6.07) is 37.5. The van der Waals surface area contributed by atoms with Gasteiger partial charge in [-0.05, 0) is 107 Å². The monoisotopic (exact) mass is 1670 g/mol. The number of phosphoric ester groups is 2. The first-order chi connectivity index (χ1) is 54.6. The zero-order chi connectivity index (χ0) is 81.3. The third-order valence-electron chi connectivity index (χ3n) is 18.9. The van der Waals surface area contributed by atoms with E-state index in [2.05, 4.69) is 36.3 Å². The minimum Gasteiger partial charge on any atom is -0.497 e. The Hall–Kier alpha value is -9.00. The molecule has 0 radical (unpaired) electrons. The van der Waals surface area contributed by atoms with Crippen molar-refractivity contribution in [3.05, 3.63) is 236 Å². The quantitative estimate of drug-likeness (QED) is 0.0163. The lowest BCUT2D eigenvalue weighted by atomic mass is 9.80. The molecule has 114 heavy (non-hydrogen) atoms. The molecule has 3 saturated heterocycles. The van der Waals surface area contributed by atoms with Crippen LogP contribution in [0.25, 0.3) is 11.2 Å². The van der Waals surface area contributed by atoms with Gasteiger partial charge in [0.1, 0.15) is 77.8 Å². The molecular formula is C76H86Cl2N11O22P3. The Bertz CT molecular complexity index is 5280. The lowest BCUT2D eigenvalue weighted by molar-refractivity contribution is -0.119. The van der Waals surface area contributed by atoms with Crippen molar-refractivity contribution in [1.82, 2.24) is 43.3 Å². The van der Waals surface area contributed by atoms with Crippen molar-refractivity contribution in [2.24, 2.45) is 5.92 Å². The number of para-hydroxylation sites is 2. The summed E-state index contributed by atoms with van der Waals surface area (Å²) in [4.78, 5) is 96.3. The van der Waals surface area contributed by atoms with E-state index in [1.807, 2.05) is 87.0 Å². The molecule has 33 nitrogen and oxygen atoms in total. The number of nitrogens with zero attached hydrogens (tertiary/aromatic N) is 7. The fraction of sp³-hybridized carbons (Fsp3) is 0.408. The average Bonchev–Trinajstić information content (AvgIpc) is 0.962. The van der Waals surface area contributed by atoms with Gasteiger partial charge >= 0.3 is 27.0 Å². The van der Waals surface area contributed by atoms with Crippen molar-refractivity contribution in [2.75, 3.05) is 46.0 Å². The number of phosphoric acid groups is 2. The van der Waals surface area contributed by atoms with Crippen molar-refractivity contribution in [3.8, 4) is 29.1 Å². The van der Waals surface area contributed by atoms with Crippen LogP contribution < -0.4 is 51.9 Å². The second kappa shape index (κ2) is 36.9. The molecule has 4 aromatic heterocycles. The number of aryl methyl sites for hydroxylation is 2. The molecule has 0 saturated carbocycles. The predicted octanol–water partition coefficient (Wildman–Crippen LogP) is 12.5. The largest absolute Gasteiger partial charge is 0.530 e. The molecule has 0 bridgehead atoms. The highest BCUT2D eigenvalue weighted by Gasteiger charge is 2.51. The van der Waals surface area contributed by atoms with Crippen molar-refractivity contribution < 1.29 is 78.5 Å². The van der Waals surface area contributed by atoms with Crippen LogP contribution >= 0.6 is 47.4 Å². The first-order valence-corrected chi connectivity index (χ1v) is 41.3. The normalized spacial score (nSPS) is 21.1. The van der Waals surface area contributed by atoms with Crippen LogP contribution in [-0.4, -0.2) is 139 Å². The van der Waals surface area contributed by atoms with Crippen molar-refractivity contribution in [2.45, 2.75) is 154 Å². The summed E-state index contributed by atoms with van der Waals surface area (Å²) in [7, 11) is -9.53.